The summed E-state index contributed by atoms with van der Waals surface area (Å²) in [5, 5.41) is 3.79. The summed E-state index contributed by atoms with van der Waals surface area (Å²) in [5.41, 5.74) is 2.27. The van der Waals surface area contributed by atoms with E-state index in [1.165, 1.54) is 0 Å². The van der Waals surface area contributed by atoms with Gasteiger partial charge in [-0.1, -0.05) is 48.0 Å². The second-order valence-corrected chi connectivity index (χ2v) is 5.08. The molecule has 2 rings (SSSR count). The first-order chi connectivity index (χ1) is 9.81. The maximum absolute atomic E-state index is 6.28. The summed E-state index contributed by atoms with van der Waals surface area (Å²) in [4.78, 5) is 0. The van der Waals surface area contributed by atoms with E-state index >= 15 is 0 Å². The van der Waals surface area contributed by atoms with Crippen LogP contribution >= 0.6 is 11.6 Å². The largest absolute Gasteiger partial charge is 0.492 e. The highest BCUT2D eigenvalue weighted by molar-refractivity contribution is 6.32. The van der Waals surface area contributed by atoms with E-state index in [4.69, 9.17) is 16.3 Å². The number of hydrogen-bond donors (Lipinski definition) is 1. The van der Waals surface area contributed by atoms with E-state index in [1.807, 2.05) is 43.4 Å². The molecule has 0 atom stereocenters. The average molecular weight is 290 g/mol. The van der Waals surface area contributed by atoms with Crippen molar-refractivity contribution >= 4 is 11.6 Å². The van der Waals surface area contributed by atoms with Crippen LogP contribution in [-0.4, -0.2) is 20.2 Å². The second kappa shape index (κ2) is 7.93. The molecule has 2 nitrogen and oxygen atoms in total. The Kier molecular flexibility index (Phi) is 5.90. The summed E-state index contributed by atoms with van der Waals surface area (Å²) in [5.74, 6) is 0.760. The van der Waals surface area contributed by atoms with E-state index in [1.54, 1.807) is 0 Å². The molecule has 0 aliphatic rings. The number of nitrogens with one attached hydrogen (secondary N) is 1. The number of benzene rings is 2. The van der Waals surface area contributed by atoms with Crippen molar-refractivity contribution in [3.63, 3.8) is 0 Å². The molecule has 0 fully saturated rings. The van der Waals surface area contributed by atoms with Crippen LogP contribution in [0.4, 0.5) is 0 Å². The average Bonchev–Trinajstić information content (AvgIpc) is 2.49. The predicted molar refractivity (Wildman–Crippen MR) is 85.5 cm³/mol. The molecule has 0 spiro atoms. The molecule has 0 aliphatic carbocycles. The van der Waals surface area contributed by atoms with Gasteiger partial charge in [-0.25, -0.2) is 0 Å². The summed E-state index contributed by atoms with van der Waals surface area (Å²) in [6.45, 7) is 1.72. The molecule has 2 aromatic rings. The summed E-state index contributed by atoms with van der Waals surface area (Å²) in [6, 6.07) is 16.2. The van der Waals surface area contributed by atoms with Crippen LogP contribution in [0.5, 0.6) is 5.75 Å². The summed E-state index contributed by atoms with van der Waals surface area (Å²) in [7, 11) is 1.96. The molecule has 2 aromatic carbocycles. The second-order valence-electron chi connectivity index (χ2n) is 4.67. The van der Waals surface area contributed by atoms with Crippen LogP contribution in [0.2, 0.25) is 5.02 Å². The van der Waals surface area contributed by atoms with Gasteiger partial charge in [-0.2, -0.15) is 0 Å². The van der Waals surface area contributed by atoms with Crippen molar-refractivity contribution < 1.29 is 4.74 Å². The number of hydrogen-bond acceptors (Lipinski definition) is 2. The lowest BCUT2D eigenvalue weighted by Gasteiger charge is -2.09. The van der Waals surface area contributed by atoms with E-state index < -0.39 is 0 Å². The Morgan fingerprint density at radius 1 is 1.00 bits per heavy atom. The Labute approximate surface area is 125 Å². The molecule has 0 amide bonds. The maximum Gasteiger partial charge on any atom is 0.137 e. The van der Waals surface area contributed by atoms with Gasteiger partial charge in [-0.15, -0.1) is 0 Å². The highest BCUT2D eigenvalue weighted by atomic mass is 35.5. The standard InChI is InChI=1S/C17H20ClNO/c1-19-11-5-6-12-20-17-10-9-15(13-16(17)18)14-7-3-2-4-8-14/h2-4,7-10,13,19H,5-6,11-12H2,1H3. The van der Waals surface area contributed by atoms with Crippen LogP contribution in [0, 0.1) is 0 Å². The molecule has 0 saturated carbocycles. The lowest BCUT2D eigenvalue weighted by molar-refractivity contribution is 0.306. The van der Waals surface area contributed by atoms with Crippen molar-refractivity contribution in [3.8, 4) is 16.9 Å². The third kappa shape index (κ3) is 4.26. The Balaban J connectivity index is 1.96. The molecular formula is C17H20ClNO. The fourth-order valence-corrected chi connectivity index (χ4v) is 2.25. The monoisotopic (exact) mass is 289 g/mol. The van der Waals surface area contributed by atoms with Crippen molar-refractivity contribution in [2.45, 2.75) is 12.8 Å². The highest BCUT2D eigenvalue weighted by Crippen LogP contribution is 2.30. The quantitative estimate of drug-likeness (QED) is 0.764. The molecule has 106 valence electrons. The Morgan fingerprint density at radius 3 is 2.50 bits per heavy atom. The van der Waals surface area contributed by atoms with Gasteiger partial charge in [0, 0.05) is 0 Å². The van der Waals surface area contributed by atoms with Crippen molar-refractivity contribution in [1.82, 2.24) is 5.32 Å². The lowest BCUT2D eigenvalue weighted by atomic mass is 10.1. The number of unbranched alkanes of at least 4 members (excludes halogenated alkanes) is 1. The Morgan fingerprint density at radius 2 is 1.80 bits per heavy atom. The molecule has 1 N–H and O–H groups in total. The van der Waals surface area contributed by atoms with E-state index in [0.717, 1.165) is 36.3 Å². The molecule has 0 unspecified atom stereocenters. The van der Waals surface area contributed by atoms with Gasteiger partial charge >= 0.3 is 0 Å². The fourth-order valence-electron chi connectivity index (χ4n) is 2.01. The van der Waals surface area contributed by atoms with E-state index in [9.17, 15) is 0 Å². The van der Waals surface area contributed by atoms with Gasteiger partial charge in [-0.3, -0.25) is 0 Å². The summed E-state index contributed by atoms with van der Waals surface area (Å²) in [6.07, 6.45) is 2.13. The van der Waals surface area contributed by atoms with Crippen LogP contribution in [-0.2, 0) is 0 Å². The third-order valence-electron chi connectivity index (χ3n) is 3.12. The van der Waals surface area contributed by atoms with Gasteiger partial charge in [0.2, 0.25) is 0 Å². The molecule has 0 radical (unpaired) electrons. The SMILES string of the molecule is CNCCCCOc1ccc(-c2ccccc2)cc1Cl. The van der Waals surface area contributed by atoms with Crippen LogP contribution in [0.3, 0.4) is 0 Å². The summed E-state index contributed by atoms with van der Waals surface area (Å²) < 4.78 is 5.71. The highest BCUT2D eigenvalue weighted by Gasteiger charge is 2.04. The summed E-state index contributed by atoms with van der Waals surface area (Å²) >= 11 is 6.28. The minimum Gasteiger partial charge on any atom is -0.492 e. The normalized spacial score (nSPS) is 10.5. The number of rotatable bonds is 7. The van der Waals surface area contributed by atoms with Gasteiger partial charge < -0.3 is 10.1 Å². The smallest absolute Gasteiger partial charge is 0.137 e. The first-order valence-corrected chi connectivity index (χ1v) is 7.31. The zero-order chi connectivity index (χ0) is 14.2. The topological polar surface area (TPSA) is 21.3 Å². The maximum atomic E-state index is 6.28. The molecule has 0 aliphatic heterocycles. The molecule has 0 bridgehead atoms. The van der Waals surface area contributed by atoms with Crippen molar-refractivity contribution in [3.05, 3.63) is 53.6 Å². The van der Waals surface area contributed by atoms with E-state index in [0.29, 0.717) is 11.6 Å². The number of halogens is 1. The zero-order valence-electron chi connectivity index (χ0n) is 11.7. The lowest BCUT2D eigenvalue weighted by Crippen LogP contribution is -2.09. The van der Waals surface area contributed by atoms with Crippen LogP contribution in [0.15, 0.2) is 48.5 Å². The van der Waals surface area contributed by atoms with Gasteiger partial charge in [0.05, 0.1) is 11.6 Å². The van der Waals surface area contributed by atoms with Crippen molar-refractivity contribution in [2.75, 3.05) is 20.2 Å². The van der Waals surface area contributed by atoms with Gasteiger partial charge in [-0.05, 0) is 49.7 Å². The first kappa shape index (κ1) is 14.9. The minimum atomic E-state index is 0.667. The minimum absolute atomic E-state index is 0.667. The molecule has 0 heterocycles. The van der Waals surface area contributed by atoms with Crippen molar-refractivity contribution in [2.24, 2.45) is 0 Å². The Hall–Kier alpha value is -1.51. The number of ether oxygens (including phenoxy) is 1. The molecule has 20 heavy (non-hydrogen) atoms. The first-order valence-electron chi connectivity index (χ1n) is 6.93. The van der Waals surface area contributed by atoms with Gasteiger partial charge in [0.1, 0.15) is 5.75 Å². The molecule has 3 heteroatoms. The van der Waals surface area contributed by atoms with Gasteiger partial charge in [0.25, 0.3) is 0 Å². The van der Waals surface area contributed by atoms with Crippen LogP contribution in [0.1, 0.15) is 12.8 Å². The van der Waals surface area contributed by atoms with Crippen LogP contribution in [0.25, 0.3) is 11.1 Å². The van der Waals surface area contributed by atoms with E-state index in [2.05, 4.69) is 17.4 Å². The Bertz CT molecular complexity index is 528. The zero-order valence-corrected chi connectivity index (χ0v) is 12.5. The van der Waals surface area contributed by atoms with Crippen LogP contribution < -0.4 is 10.1 Å². The molecular weight excluding hydrogens is 270 g/mol. The van der Waals surface area contributed by atoms with Gasteiger partial charge in [0.15, 0.2) is 0 Å². The third-order valence-corrected chi connectivity index (χ3v) is 3.41. The molecule has 0 aromatic heterocycles. The molecule has 0 saturated heterocycles. The fraction of sp³-hybridized carbons (Fsp3) is 0.294. The van der Waals surface area contributed by atoms with Crippen molar-refractivity contribution in [1.29, 1.82) is 0 Å². The van der Waals surface area contributed by atoms with E-state index in [-0.39, 0.29) is 0 Å². The predicted octanol–water partition coefficient (Wildman–Crippen LogP) is 4.39.